The van der Waals surface area contributed by atoms with E-state index in [1.807, 2.05) is 13.0 Å². The molecule has 0 saturated carbocycles. The lowest BCUT2D eigenvalue weighted by Gasteiger charge is -2.16. The molecule has 37 heavy (non-hydrogen) atoms. The Balaban J connectivity index is 1.58. The molecule has 2 aliphatic rings. The first-order valence-electron chi connectivity index (χ1n) is 11.0. The molecule has 0 fully saturated rings. The van der Waals surface area contributed by atoms with E-state index in [9.17, 15) is 18.7 Å². The molecule has 5 rings (SSSR count). The summed E-state index contributed by atoms with van der Waals surface area (Å²) in [5.41, 5.74) is 14.0. The molecule has 0 bridgehead atoms. The monoisotopic (exact) mass is 502 g/mol. The summed E-state index contributed by atoms with van der Waals surface area (Å²) in [6, 6.07) is 14.3. The highest BCUT2D eigenvalue weighted by Gasteiger charge is 2.21. The SMILES string of the molecule is Cc1ccc(N)c(OC=COc2cc(-c3c4cc(F)c(=O)cc-4oc4cc(O)c(F)cc34)ccc2N)c1. The van der Waals surface area contributed by atoms with E-state index in [4.69, 9.17) is 25.4 Å². The van der Waals surface area contributed by atoms with Gasteiger partial charge in [-0.3, -0.25) is 4.79 Å². The number of anilines is 2. The van der Waals surface area contributed by atoms with Crippen molar-refractivity contribution < 1.29 is 27.8 Å². The standard InChI is InChI=1S/C28H20F2N2O5/c1-14-2-4-20(31)26(8-14)35-6-7-36-27-9-15(3-5-21(27)32)28-16-10-18(29)22(33)12-24(16)37-25-13-23(34)19(30)11-17(25)28/h2-13,33H,31-32H2,1H3. The Morgan fingerprint density at radius 2 is 1.54 bits per heavy atom. The minimum Gasteiger partial charge on any atom is -0.505 e. The molecule has 0 radical (unpaired) electrons. The molecule has 0 aromatic heterocycles. The Morgan fingerprint density at radius 1 is 0.865 bits per heavy atom. The predicted octanol–water partition coefficient (Wildman–Crippen LogP) is 5.95. The molecule has 3 aromatic carbocycles. The zero-order valence-electron chi connectivity index (χ0n) is 19.4. The van der Waals surface area contributed by atoms with Crippen molar-refractivity contribution in [2.75, 3.05) is 11.5 Å². The Labute approximate surface area is 209 Å². The van der Waals surface area contributed by atoms with E-state index in [0.717, 1.165) is 29.8 Å². The summed E-state index contributed by atoms with van der Waals surface area (Å²) < 4.78 is 45.5. The number of halogens is 2. The van der Waals surface area contributed by atoms with E-state index < -0.39 is 22.8 Å². The van der Waals surface area contributed by atoms with E-state index in [1.165, 1.54) is 12.5 Å². The minimum absolute atomic E-state index is 0.0586. The quantitative estimate of drug-likeness (QED) is 0.154. The maximum atomic E-state index is 14.3. The first kappa shape index (κ1) is 23.7. The lowest BCUT2D eigenvalue weighted by molar-refractivity contribution is 0.424. The van der Waals surface area contributed by atoms with Gasteiger partial charge in [-0.05, 0) is 54.4 Å². The van der Waals surface area contributed by atoms with Crippen LogP contribution in [0.15, 0.2) is 82.4 Å². The fourth-order valence-electron chi connectivity index (χ4n) is 3.95. The maximum Gasteiger partial charge on any atom is 0.217 e. The van der Waals surface area contributed by atoms with Crippen LogP contribution >= 0.6 is 0 Å². The molecule has 0 spiro atoms. The molecule has 5 N–H and O–H groups in total. The second-order valence-corrected chi connectivity index (χ2v) is 8.36. The summed E-state index contributed by atoms with van der Waals surface area (Å²) in [4.78, 5) is 11.9. The van der Waals surface area contributed by atoms with Gasteiger partial charge in [0.25, 0.3) is 0 Å². The molecule has 9 heteroatoms. The van der Waals surface area contributed by atoms with Gasteiger partial charge in [-0.15, -0.1) is 0 Å². The number of hydrogen-bond donors (Lipinski definition) is 3. The second-order valence-electron chi connectivity index (χ2n) is 8.36. The number of phenolic OH excluding ortho intramolecular Hbond substituents is 1. The van der Waals surface area contributed by atoms with Crippen LogP contribution in [0.25, 0.3) is 33.4 Å². The van der Waals surface area contributed by atoms with Crippen molar-refractivity contribution in [1.29, 1.82) is 0 Å². The number of fused-ring (bicyclic) bond motifs is 2. The Morgan fingerprint density at radius 3 is 2.27 bits per heavy atom. The number of nitrogens with two attached hydrogens (primary N) is 2. The van der Waals surface area contributed by atoms with E-state index in [-0.39, 0.29) is 33.7 Å². The highest BCUT2D eigenvalue weighted by molar-refractivity contribution is 6.02. The number of hydrogen-bond acceptors (Lipinski definition) is 7. The highest BCUT2D eigenvalue weighted by Crippen LogP contribution is 2.43. The van der Waals surface area contributed by atoms with Crippen LogP contribution in [0.3, 0.4) is 0 Å². The Kier molecular flexibility index (Phi) is 5.88. The zero-order chi connectivity index (χ0) is 26.3. The summed E-state index contributed by atoms with van der Waals surface area (Å²) in [5.74, 6) is -1.78. The molecule has 3 aromatic rings. The molecule has 0 amide bonds. The van der Waals surface area contributed by atoms with E-state index in [1.54, 1.807) is 30.3 Å². The number of phenols is 1. The van der Waals surface area contributed by atoms with Crippen molar-refractivity contribution in [3.8, 4) is 39.7 Å². The van der Waals surface area contributed by atoms with Gasteiger partial charge in [-0.1, -0.05) is 12.1 Å². The third-order valence-electron chi connectivity index (χ3n) is 5.76. The van der Waals surface area contributed by atoms with Crippen molar-refractivity contribution in [1.82, 2.24) is 0 Å². The summed E-state index contributed by atoms with van der Waals surface area (Å²) >= 11 is 0. The molecule has 1 heterocycles. The number of aryl methyl sites for hydroxylation is 1. The van der Waals surface area contributed by atoms with E-state index in [0.29, 0.717) is 22.6 Å². The van der Waals surface area contributed by atoms with Gasteiger partial charge < -0.3 is 30.5 Å². The van der Waals surface area contributed by atoms with Crippen LogP contribution in [0.2, 0.25) is 0 Å². The molecule has 1 aliphatic carbocycles. The normalized spacial score (nSPS) is 11.4. The fraction of sp³-hybridized carbons (Fsp3) is 0.0357. The molecule has 1 aliphatic heterocycles. The minimum atomic E-state index is -0.995. The van der Waals surface area contributed by atoms with Gasteiger partial charge in [0, 0.05) is 28.6 Å². The van der Waals surface area contributed by atoms with Crippen molar-refractivity contribution in [3.05, 3.63) is 101 Å². The zero-order valence-corrected chi connectivity index (χ0v) is 19.4. The lowest BCUT2D eigenvalue weighted by atomic mass is 9.93. The number of aromatic hydroxyl groups is 1. The van der Waals surface area contributed by atoms with Gasteiger partial charge in [0.05, 0.1) is 11.4 Å². The molecule has 0 atom stereocenters. The second kappa shape index (κ2) is 9.19. The van der Waals surface area contributed by atoms with Gasteiger partial charge in [0.2, 0.25) is 5.43 Å². The summed E-state index contributed by atoms with van der Waals surface area (Å²) in [7, 11) is 0. The highest BCUT2D eigenvalue weighted by atomic mass is 19.1. The van der Waals surface area contributed by atoms with Gasteiger partial charge >= 0.3 is 0 Å². The average Bonchev–Trinajstić information content (AvgIpc) is 2.86. The largest absolute Gasteiger partial charge is 0.505 e. The number of rotatable bonds is 5. The Bertz CT molecular complexity index is 1730. The van der Waals surface area contributed by atoms with Crippen LogP contribution in [0.4, 0.5) is 20.2 Å². The van der Waals surface area contributed by atoms with E-state index in [2.05, 4.69) is 0 Å². The third kappa shape index (κ3) is 4.50. The van der Waals surface area contributed by atoms with Gasteiger partial charge in [-0.2, -0.15) is 0 Å². The number of nitrogen functional groups attached to an aromatic ring is 2. The molecular formula is C28H20F2N2O5. The number of benzene rings is 4. The van der Waals surface area contributed by atoms with Crippen LogP contribution in [-0.4, -0.2) is 5.11 Å². The topological polar surface area (TPSA) is 121 Å². The predicted molar refractivity (Wildman–Crippen MR) is 137 cm³/mol. The smallest absolute Gasteiger partial charge is 0.217 e. The molecule has 7 nitrogen and oxygen atoms in total. The van der Waals surface area contributed by atoms with Crippen molar-refractivity contribution in [2.45, 2.75) is 6.92 Å². The van der Waals surface area contributed by atoms with Crippen molar-refractivity contribution >= 4 is 22.3 Å². The van der Waals surface area contributed by atoms with Crippen LogP contribution in [0, 0.1) is 18.6 Å². The summed E-state index contributed by atoms with van der Waals surface area (Å²) in [5, 5.41) is 10.1. The maximum absolute atomic E-state index is 14.3. The average molecular weight is 502 g/mol. The van der Waals surface area contributed by atoms with Crippen LogP contribution in [-0.2, 0) is 0 Å². The number of ether oxygens (including phenoxy) is 2. The first-order chi connectivity index (χ1) is 17.7. The van der Waals surface area contributed by atoms with Crippen molar-refractivity contribution in [2.24, 2.45) is 0 Å². The van der Waals surface area contributed by atoms with Gasteiger partial charge in [-0.25, -0.2) is 8.78 Å². The molecule has 0 unspecified atom stereocenters. The van der Waals surface area contributed by atoms with Crippen molar-refractivity contribution in [3.63, 3.8) is 0 Å². The Hall–Kier alpha value is -5.05. The van der Waals surface area contributed by atoms with E-state index >= 15 is 0 Å². The summed E-state index contributed by atoms with van der Waals surface area (Å²) in [6.07, 6.45) is 2.57. The van der Waals surface area contributed by atoms with Crippen LogP contribution < -0.4 is 26.4 Å². The van der Waals surface area contributed by atoms with Crippen LogP contribution in [0.1, 0.15) is 5.56 Å². The van der Waals surface area contributed by atoms with Gasteiger partial charge in [0.15, 0.2) is 17.4 Å². The molecule has 0 saturated heterocycles. The third-order valence-corrected chi connectivity index (χ3v) is 5.76. The van der Waals surface area contributed by atoms with Gasteiger partial charge in [0.1, 0.15) is 35.4 Å². The lowest BCUT2D eigenvalue weighted by Crippen LogP contribution is -2.06. The summed E-state index contributed by atoms with van der Waals surface area (Å²) in [6.45, 7) is 1.90. The first-order valence-corrected chi connectivity index (χ1v) is 11.0. The fourth-order valence-corrected chi connectivity index (χ4v) is 3.95. The molecule has 186 valence electrons. The van der Waals surface area contributed by atoms with Crippen LogP contribution in [0.5, 0.6) is 17.2 Å². The molecular weight excluding hydrogens is 482 g/mol.